The first-order valence-electron chi connectivity index (χ1n) is 38.6. The Labute approximate surface area is 755 Å². The largest absolute Gasteiger partial charge is 0.386 e. The van der Waals surface area contributed by atoms with E-state index in [1.54, 1.807) is 38.2 Å². The highest BCUT2D eigenvalue weighted by atomic mass is 32.7. The van der Waals surface area contributed by atoms with Crippen molar-refractivity contribution >= 4 is 214 Å². The fourth-order valence-electron chi connectivity index (χ4n) is 16.0. The molecule has 55 nitrogen and oxygen atoms in total. The van der Waals surface area contributed by atoms with Crippen molar-refractivity contribution in [3.63, 3.8) is 0 Å². The number of ether oxygens (including phenoxy) is 6. The molecule has 9 aliphatic heterocycles. The quantitative estimate of drug-likeness (QED) is 0.0834. The molecule has 0 aliphatic carbocycles. The first-order valence-corrected chi connectivity index (χ1v) is 54.2. The van der Waals surface area contributed by atoms with Gasteiger partial charge in [0.15, 0.2) is 69.8 Å². The Morgan fingerprint density at radius 2 is 0.731 bits per heavy atom. The second-order valence-electron chi connectivity index (χ2n) is 30.1. The summed E-state index contributed by atoms with van der Waals surface area (Å²) in [5.74, 6) is 0.302. The summed E-state index contributed by atoms with van der Waals surface area (Å²) in [4.78, 5) is 153. The minimum Gasteiger partial charge on any atom is -0.383 e. The maximum Gasteiger partial charge on any atom is 0.386 e. The van der Waals surface area contributed by atoms with Gasteiger partial charge in [-0.3, -0.25) is 61.2 Å². The van der Waals surface area contributed by atoms with Crippen LogP contribution in [-0.4, -0.2) is 251 Å². The van der Waals surface area contributed by atoms with Crippen molar-refractivity contribution in [1.82, 2.24) is 107 Å². The average molecular weight is 2040 g/mol. The lowest BCUT2D eigenvalue weighted by molar-refractivity contribution is -0.0596. The highest BCUT2D eigenvalue weighted by Crippen LogP contribution is 2.61. The zero-order valence-electron chi connectivity index (χ0n) is 65.8. The predicted molar refractivity (Wildman–Crippen MR) is 467 cm³/mol. The Morgan fingerprint density at radius 1 is 0.377 bits per heavy atom. The second kappa shape index (κ2) is 35.6. The van der Waals surface area contributed by atoms with Crippen LogP contribution in [0.4, 0.5) is 39.7 Å². The number of nitrogen functional groups attached to an aromatic ring is 6. The van der Waals surface area contributed by atoms with Crippen molar-refractivity contribution in [1.29, 1.82) is 0 Å². The number of nitrogens with zero attached hydrogens (tertiary/aromatic N) is 19. The van der Waals surface area contributed by atoms with Crippen molar-refractivity contribution in [3.05, 3.63) is 99.9 Å². The number of aromatic nitrogens is 22. The van der Waals surface area contributed by atoms with E-state index in [0.29, 0.717) is 44.9 Å². The van der Waals surface area contributed by atoms with Crippen molar-refractivity contribution in [2.45, 2.75) is 149 Å². The van der Waals surface area contributed by atoms with Crippen molar-refractivity contribution < 1.29 is 116 Å². The number of fused-ring (bicyclic) bond motifs is 15. The van der Waals surface area contributed by atoms with Crippen molar-refractivity contribution in [2.75, 3.05) is 74.0 Å². The number of H-pyrrole nitrogens is 3. The van der Waals surface area contributed by atoms with Crippen LogP contribution in [0.3, 0.4) is 0 Å². The molecule has 6 bridgehead atoms. The number of rotatable bonds is 6. The molecule has 20 N–H and O–H groups in total. The number of nitrogens with one attached hydrogen (secondary N) is 3. The topological polar surface area (TPSA) is 736 Å². The van der Waals surface area contributed by atoms with E-state index in [9.17, 15) is 43.4 Å². The van der Waals surface area contributed by atoms with Gasteiger partial charge in [0.1, 0.15) is 109 Å². The molecular weight excluding hydrogens is 1970 g/mol. The third kappa shape index (κ3) is 18.8. The summed E-state index contributed by atoms with van der Waals surface area (Å²) in [6.45, 7) is -25.8. The number of thiol groups is 1. The summed E-state index contributed by atoms with van der Waals surface area (Å²) in [5.41, 5.74) is 35.2. The molecule has 0 spiro atoms. The van der Waals surface area contributed by atoms with Gasteiger partial charge in [0.25, 0.3) is 16.7 Å². The summed E-state index contributed by atoms with van der Waals surface area (Å²) in [6, 6.07) is 3.51. The monoisotopic (exact) mass is 2040 g/mol. The molecule has 21 heterocycles. The van der Waals surface area contributed by atoms with Gasteiger partial charge in [0.05, 0.1) is 106 Å². The molecule has 696 valence electrons. The highest BCUT2D eigenvalue weighted by molar-refractivity contribution is 8.44. The van der Waals surface area contributed by atoms with Gasteiger partial charge in [-0.15, -0.1) is 0 Å². The van der Waals surface area contributed by atoms with E-state index in [0.717, 1.165) is 0 Å². The van der Waals surface area contributed by atoms with Gasteiger partial charge >= 0.3 is 40.4 Å². The predicted octanol–water partition coefficient (Wildman–Crippen LogP) is 1.83. The molecule has 68 heteroatoms. The zero-order valence-corrected chi connectivity index (χ0v) is 76.2. The van der Waals surface area contributed by atoms with Crippen LogP contribution >= 0.6 is 52.6 Å². The van der Waals surface area contributed by atoms with Crippen LogP contribution < -0.4 is 51.1 Å². The average Bonchev–Trinajstić information content (AvgIpc) is 1.68. The first-order chi connectivity index (χ1) is 61.8. The zero-order chi connectivity index (χ0) is 91.2. The molecule has 9 fully saturated rings. The molecule has 0 amide bonds. The van der Waals surface area contributed by atoms with Crippen LogP contribution in [0.2, 0.25) is 0 Å². The number of alkyl halides is 1. The van der Waals surface area contributed by atoms with E-state index in [1.165, 1.54) is 58.0 Å². The van der Waals surface area contributed by atoms with Gasteiger partial charge in [-0.2, -0.15) is 15.0 Å². The number of halogens is 1. The molecule has 0 radical (unpaired) electrons. The molecule has 9 aliphatic rings. The summed E-state index contributed by atoms with van der Waals surface area (Å²) in [7, 11) is 0. The minimum absolute atomic E-state index is 0.0128. The molecule has 25 atom stereocenters. The van der Waals surface area contributed by atoms with Gasteiger partial charge in [0.2, 0.25) is 17.8 Å². The number of imidazole rings is 4. The lowest BCUT2D eigenvalue weighted by Gasteiger charge is -2.27. The summed E-state index contributed by atoms with van der Waals surface area (Å²) < 4.78 is 144. The lowest BCUT2D eigenvalue weighted by atomic mass is 10.1. The number of aromatic amines is 3. The number of hydrogen-bond donors (Lipinski definition) is 15. The molecule has 8 unspecified atom stereocenters. The van der Waals surface area contributed by atoms with E-state index in [-0.39, 0.29) is 116 Å². The molecule has 0 saturated carbocycles. The molecule has 0 aromatic carbocycles. The fraction of sp³-hybridized carbons (Fsp3) is 0.484. The van der Waals surface area contributed by atoms with Gasteiger partial charge in [-0.25, -0.2) is 58.8 Å². The van der Waals surface area contributed by atoms with Crippen LogP contribution in [0.5, 0.6) is 0 Å². The van der Waals surface area contributed by atoms with Crippen LogP contribution in [-0.2, 0) is 146 Å². The molecule has 9 saturated heterocycles. The van der Waals surface area contributed by atoms with Gasteiger partial charge in [-0.05, 0) is 71.2 Å². The third-order valence-corrected chi connectivity index (χ3v) is 31.3. The fourth-order valence-corrected chi connectivity index (χ4v) is 24.8. The van der Waals surface area contributed by atoms with E-state index in [2.05, 4.69) is 92.0 Å². The Morgan fingerprint density at radius 3 is 1.18 bits per heavy atom. The summed E-state index contributed by atoms with van der Waals surface area (Å²) >= 11 is 30.7. The van der Waals surface area contributed by atoms with Crippen LogP contribution in [0, 0.1) is 0 Å². The molecular formula is C62H73FN28O27P6S6. The maximum atomic E-state index is 15.8. The van der Waals surface area contributed by atoms with E-state index in [4.69, 9.17) is 176 Å². The van der Waals surface area contributed by atoms with Gasteiger partial charge in [0, 0.05) is 44.5 Å². The Balaban J connectivity index is 0.000000126. The van der Waals surface area contributed by atoms with E-state index in [1.807, 2.05) is 0 Å². The molecule has 12 aromatic rings. The Bertz CT molecular complexity index is 6660. The second-order valence-corrected chi connectivity index (χ2v) is 46.9. The standard InChI is InChI=1S/2C21H25N9O9P2S2.C20H23FN10O9P2S2/c2*22-16-10-1-2-29(17(10)25-7-24-16)14-4-11-13(37-14)6-35-41(33,43)39-12-3-9(5-34-40(32,42)38-11)36-20(12)30-8-26-15-18(30)27-21(23)28-19(15)31;21-11-9-3-36-41(33,43)39-7-1-10(30-5-26-12-15(22)24-4-25-16(12)30)37-8(7)2-35-42(34,44)40-14(11)19(38-9)31-6-27-13-17(31)28-20(23)29-18(13)32/h2*1-2,7-9,11-14,20H,3-6H2,(H,32,42)(H,33,43)(H2,22,24,25)(H3,23,27,28,31);4-11,14,19H,1-3H2,(H,33,43)(H,34,44)(H2,22,24,25)(H3,23,28,29,32)/t2*9-,11-,12+,13?,14+,20+,40?,41?;7-,8+,9+,10+,11+,14+,19+,41?,42?/m000/s1. The highest BCUT2D eigenvalue weighted by Gasteiger charge is 2.54. The smallest absolute Gasteiger partial charge is 0.383 e. The van der Waals surface area contributed by atoms with Crippen LogP contribution in [0.15, 0.2) is 83.2 Å². The van der Waals surface area contributed by atoms with Gasteiger partial charge < -0.3 is 137 Å². The van der Waals surface area contributed by atoms with Crippen LogP contribution in [0.25, 0.3) is 66.7 Å². The van der Waals surface area contributed by atoms with Crippen molar-refractivity contribution in [2.24, 2.45) is 0 Å². The van der Waals surface area contributed by atoms with Gasteiger partial charge in [-0.1, -0.05) is 12.2 Å². The third-order valence-electron chi connectivity index (χ3n) is 21.7. The van der Waals surface area contributed by atoms with E-state index >= 15 is 4.39 Å². The lowest BCUT2D eigenvalue weighted by Crippen LogP contribution is -2.32. The number of anilines is 6. The SMILES string of the molecule is Nc1nc2c(ncn2[C@@H]2O[C@@H]3COP(O)(=S)O[C@H]4C[C@H](n5ccc6c(N)ncnc65)OC4COP(=O)(S)O[C@@H]2C3)c(=O)[nH]1.Nc1nc2c(ncn2[C@@H]2O[C@@H]3COP(O)(=S)O[C@H]4C[C@H](n5ccc6c(N)ncnc65)OC4COP(O)(=S)O[C@@H]2C3)c(=O)[nH]1.Nc1nc2c(ncn2[C@@H]2O[C@@H]3COP(O)(=S)O[C@H]4C[C@H](n5cnc6c(N)ncnc65)O[C@@H]4COP(O)(=S)O[C@@H]2[C@@H]3F)c(=O)[nH]1. The summed E-state index contributed by atoms with van der Waals surface area (Å²) in [6.07, 6.45) is -5.20. The molecule has 21 rings (SSSR count). The number of nitrogens with two attached hydrogens (primary N) is 6. The molecule has 130 heavy (non-hydrogen) atoms. The minimum atomic E-state index is -4.21. The summed E-state index contributed by atoms with van der Waals surface area (Å²) in [5, 5.41) is 1.27. The maximum absolute atomic E-state index is 15.8. The van der Waals surface area contributed by atoms with Crippen molar-refractivity contribution in [3.8, 4) is 0 Å². The van der Waals surface area contributed by atoms with E-state index < -0.39 is 187 Å². The normalized spacial score (nSPS) is 35.8. The number of hydrogen-bond acceptors (Lipinski definition) is 46. The first kappa shape index (κ1) is 91.6. The van der Waals surface area contributed by atoms with Crippen LogP contribution in [0.1, 0.15) is 69.5 Å². The Hall–Kier alpha value is -7.52. The Kier molecular flexibility index (Phi) is 25.1. The molecule has 12 aromatic heterocycles.